The van der Waals surface area contributed by atoms with Crippen LogP contribution in [0.3, 0.4) is 0 Å². The zero-order chi connectivity index (χ0) is 14.2. The van der Waals surface area contributed by atoms with Crippen LogP contribution in [0.15, 0.2) is 42.7 Å². The number of hydrogen-bond acceptors (Lipinski definition) is 4. The molecular weight excluding hydrogens is 250 g/mol. The van der Waals surface area contributed by atoms with Crippen molar-refractivity contribution in [2.75, 3.05) is 13.2 Å². The summed E-state index contributed by atoms with van der Waals surface area (Å²) in [6, 6.07) is 10.3. The quantitative estimate of drug-likeness (QED) is 0.841. The summed E-state index contributed by atoms with van der Waals surface area (Å²) in [4.78, 5) is 0. The number of hydrogen-bond donors (Lipinski definition) is 1. The lowest BCUT2D eigenvalue weighted by Crippen LogP contribution is -2.23. The maximum atomic E-state index is 5.58. The van der Waals surface area contributed by atoms with Crippen molar-refractivity contribution in [1.29, 1.82) is 0 Å². The van der Waals surface area contributed by atoms with Gasteiger partial charge in [-0.2, -0.15) is 10.2 Å². The second-order valence-electron chi connectivity index (χ2n) is 4.57. The van der Waals surface area contributed by atoms with Crippen LogP contribution in [0.2, 0.25) is 0 Å². The molecule has 0 radical (unpaired) electrons. The Morgan fingerprint density at radius 2 is 2.05 bits per heavy atom. The summed E-state index contributed by atoms with van der Waals surface area (Å²) in [6.07, 6.45) is 4.61. The minimum Gasteiger partial charge on any atom is -0.494 e. The van der Waals surface area contributed by atoms with E-state index in [-0.39, 0.29) is 6.04 Å². The van der Waals surface area contributed by atoms with Crippen LogP contribution in [-0.4, -0.2) is 23.3 Å². The first-order valence-electron chi connectivity index (χ1n) is 7.08. The number of rotatable bonds is 7. The van der Waals surface area contributed by atoms with Crippen molar-refractivity contribution in [2.24, 2.45) is 0 Å². The number of nitrogens with zero attached hydrogens (tertiary/aromatic N) is 2. The maximum absolute atomic E-state index is 5.58. The topological polar surface area (TPSA) is 47.0 Å². The van der Waals surface area contributed by atoms with Crippen molar-refractivity contribution in [1.82, 2.24) is 15.5 Å². The molecule has 0 fully saturated rings. The molecule has 0 aliphatic heterocycles. The molecule has 1 N–H and O–H groups in total. The van der Waals surface area contributed by atoms with Gasteiger partial charge in [0.1, 0.15) is 5.75 Å². The molecule has 2 aromatic rings. The summed E-state index contributed by atoms with van der Waals surface area (Å²) in [5.41, 5.74) is 2.29. The van der Waals surface area contributed by atoms with Crippen LogP contribution >= 0.6 is 0 Å². The van der Waals surface area contributed by atoms with Crippen LogP contribution < -0.4 is 10.1 Å². The largest absolute Gasteiger partial charge is 0.494 e. The zero-order valence-corrected chi connectivity index (χ0v) is 12.0. The third-order valence-electron chi connectivity index (χ3n) is 3.04. The Kier molecular flexibility index (Phi) is 5.50. The van der Waals surface area contributed by atoms with Gasteiger partial charge in [0.15, 0.2) is 0 Å². The summed E-state index contributed by atoms with van der Waals surface area (Å²) < 4.78 is 5.58. The van der Waals surface area contributed by atoms with Crippen molar-refractivity contribution in [2.45, 2.75) is 26.3 Å². The van der Waals surface area contributed by atoms with Gasteiger partial charge in [-0.05, 0) is 49.2 Å². The second kappa shape index (κ2) is 7.60. The normalized spacial score (nSPS) is 12.1. The zero-order valence-electron chi connectivity index (χ0n) is 12.0. The number of nitrogens with one attached hydrogen (secondary N) is 1. The molecule has 1 unspecified atom stereocenters. The molecule has 0 saturated carbocycles. The lowest BCUT2D eigenvalue weighted by molar-refractivity contribution is 0.339. The van der Waals surface area contributed by atoms with E-state index in [1.807, 2.05) is 25.1 Å². The molecule has 0 aliphatic carbocycles. The van der Waals surface area contributed by atoms with Gasteiger partial charge < -0.3 is 10.1 Å². The molecule has 1 atom stereocenters. The SMILES string of the molecule is CCCNC(c1ccnnc1)c1cccc(OCC)c1. The summed E-state index contributed by atoms with van der Waals surface area (Å²) in [7, 11) is 0. The van der Waals surface area contributed by atoms with Gasteiger partial charge in [0.25, 0.3) is 0 Å². The van der Waals surface area contributed by atoms with E-state index in [0.29, 0.717) is 6.61 Å². The Bertz CT molecular complexity index is 516. The molecule has 0 aliphatic rings. The highest BCUT2D eigenvalue weighted by atomic mass is 16.5. The summed E-state index contributed by atoms with van der Waals surface area (Å²) >= 11 is 0. The molecule has 20 heavy (non-hydrogen) atoms. The minimum atomic E-state index is 0.117. The number of aromatic nitrogens is 2. The van der Waals surface area contributed by atoms with Gasteiger partial charge in [-0.3, -0.25) is 0 Å². The van der Waals surface area contributed by atoms with E-state index in [1.165, 1.54) is 5.56 Å². The number of ether oxygens (including phenoxy) is 1. The molecule has 0 bridgehead atoms. The van der Waals surface area contributed by atoms with E-state index in [0.717, 1.165) is 24.3 Å². The Morgan fingerprint density at radius 1 is 1.15 bits per heavy atom. The lowest BCUT2D eigenvalue weighted by atomic mass is 10.00. The van der Waals surface area contributed by atoms with E-state index in [4.69, 9.17) is 4.74 Å². The Balaban J connectivity index is 2.28. The van der Waals surface area contributed by atoms with Crippen molar-refractivity contribution in [3.63, 3.8) is 0 Å². The van der Waals surface area contributed by atoms with Gasteiger partial charge in [0.2, 0.25) is 0 Å². The fourth-order valence-corrected chi connectivity index (χ4v) is 2.14. The van der Waals surface area contributed by atoms with Crippen LogP contribution in [0.1, 0.15) is 37.4 Å². The fourth-order valence-electron chi connectivity index (χ4n) is 2.14. The highest BCUT2D eigenvalue weighted by Gasteiger charge is 2.14. The van der Waals surface area contributed by atoms with Crippen LogP contribution in [-0.2, 0) is 0 Å². The average molecular weight is 271 g/mol. The van der Waals surface area contributed by atoms with Gasteiger partial charge in [-0.15, -0.1) is 0 Å². The molecule has 0 saturated heterocycles. The third kappa shape index (κ3) is 3.78. The summed E-state index contributed by atoms with van der Waals surface area (Å²) in [5.74, 6) is 0.898. The molecule has 1 aromatic carbocycles. The molecule has 1 heterocycles. The van der Waals surface area contributed by atoms with E-state index >= 15 is 0 Å². The van der Waals surface area contributed by atoms with Crippen LogP contribution in [0.25, 0.3) is 0 Å². The van der Waals surface area contributed by atoms with Crippen LogP contribution in [0.4, 0.5) is 0 Å². The van der Waals surface area contributed by atoms with E-state index in [1.54, 1.807) is 12.4 Å². The molecule has 0 spiro atoms. The van der Waals surface area contributed by atoms with Crippen LogP contribution in [0, 0.1) is 0 Å². The Labute approximate surface area is 120 Å². The standard InChI is InChI=1S/C16H21N3O/c1-3-9-17-16(14-8-10-18-19-12-14)13-6-5-7-15(11-13)20-4-2/h5-8,10-12,16-17H,3-4,9H2,1-2H3. The lowest BCUT2D eigenvalue weighted by Gasteiger charge is -2.19. The van der Waals surface area contributed by atoms with E-state index in [2.05, 4.69) is 34.6 Å². The molecular formula is C16H21N3O. The second-order valence-corrected chi connectivity index (χ2v) is 4.57. The van der Waals surface area contributed by atoms with E-state index in [9.17, 15) is 0 Å². The van der Waals surface area contributed by atoms with Gasteiger partial charge in [-0.25, -0.2) is 0 Å². The van der Waals surface area contributed by atoms with Crippen molar-refractivity contribution in [3.05, 3.63) is 53.9 Å². The molecule has 4 heteroatoms. The number of benzene rings is 1. The summed E-state index contributed by atoms with van der Waals surface area (Å²) in [6.45, 7) is 5.77. The first-order chi connectivity index (χ1) is 9.85. The monoisotopic (exact) mass is 271 g/mol. The first-order valence-corrected chi connectivity index (χ1v) is 7.08. The third-order valence-corrected chi connectivity index (χ3v) is 3.04. The van der Waals surface area contributed by atoms with E-state index < -0.39 is 0 Å². The van der Waals surface area contributed by atoms with Crippen molar-refractivity contribution >= 4 is 0 Å². The molecule has 1 aromatic heterocycles. The predicted octanol–water partition coefficient (Wildman–Crippen LogP) is 2.96. The predicted molar refractivity (Wildman–Crippen MR) is 79.8 cm³/mol. The first kappa shape index (κ1) is 14.5. The van der Waals surface area contributed by atoms with Gasteiger partial charge in [-0.1, -0.05) is 19.1 Å². The maximum Gasteiger partial charge on any atom is 0.119 e. The van der Waals surface area contributed by atoms with Crippen molar-refractivity contribution in [3.8, 4) is 5.75 Å². The molecule has 2 rings (SSSR count). The molecule has 4 nitrogen and oxygen atoms in total. The highest BCUT2D eigenvalue weighted by Crippen LogP contribution is 2.24. The Hall–Kier alpha value is -1.94. The van der Waals surface area contributed by atoms with Gasteiger partial charge in [0, 0.05) is 6.20 Å². The smallest absolute Gasteiger partial charge is 0.119 e. The van der Waals surface area contributed by atoms with Gasteiger partial charge in [0.05, 0.1) is 18.8 Å². The molecule has 0 amide bonds. The van der Waals surface area contributed by atoms with Crippen molar-refractivity contribution < 1.29 is 4.74 Å². The Morgan fingerprint density at radius 3 is 2.75 bits per heavy atom. The average Bonchev–Trinajstić information content (AvgIpc) is 2.50. The minimum absolute atomic E-state index is 0.117. The molecule has 106 valence electrons. The van der Waals surface area contributed by atoms with Gasteiger partial charge >= 0.3 is 0 Å². The fraction of sp³-hybridized carbons (Fsp3) is 0.375. The summed E-state index contributed by atoms with van der Waals surface area (Å²) in [5, 5.41) is 11.4. The highest BCUT2D eigenvalue weighted by molar-refractivity contribution is 5.35. The van der Waals surface area contributed by atoms with Crippen LogP contribution in [0.5, 0.6) is 5.75 Å².